The van der Waals surface area contributed by atoms with Gasteiger partial charge in [-0.25, -0.2) is 4.99 Å². The summed E-state index contributed by atoms with van der Waals surface area (Å²) in [6.45, 7) is 1.11. The first kappa shape index (κ1) is 15.6. The number of alkyl halides is 3. The summed E-state index contributed by atoms with van der Waals surface area (Å²) in [7, 11) is -1.82. The third kappa shape index (κ3) is 2.67. The molecule has 2 atom stereocenters. The van der Waals surface area contributed by atoms with Crippen molar-refractivity contribution < 1.29 is 27.0 Å². The van der Waals surface area contributed by atoms with Gasteiger partial charge in [0.1, 0.15) is 16.7 Å². The number of aliphatic imine (C=N–C) groups is 1. The van der Waals surface area contributed by atoms with Crippen molar-refractivity contribution in [2.24, 2.45) is 10.9 Å². The molecule has 0 bridgehead atoms. The van der Waals surface area contributed by atoms with Crippen molar-refractivity contribution in [1.82, 2.24) is 0 Å². The van der Waals surface area contributed by atoms with Gasteiger partial charge in [0.2, 0.25) is 0 Å². The molecule has 0 aliphatic carbocycles. The molecule has 2 rings (SSSR count). The number of rotatable bonds is 1. The zero-order chi connectivity index (χ0) is 15.9. The second-order valence-electron chi connectivity index (χ2n) is 4.51. The van der Waals surface area contributed by atoms with Gasteiger partial charge in [-0.05, 0) is 19.1 Å². The van der Waals surface area contributed by atoms with Gasteiger partial charge in [-0.3, -0.25) is 13.8 Å². The highest BCUT2D eigenvalue weighted by Gasteiger charge is 2.41. The molecule has 2 unspecified atom stereocenters. The molecule has 0 spiro atoms. The number of carbonyl (C=O) groups excluding carboxylic acids is 2. The summed E-state index contributed by atoms with van der Waals surface area (Å²) in [5, 5.41) is -0.336. The normalized spacial score (nSPS) is 19.8. The molecule has 1 aromatic rings. The Morgan fingerprint density at radius 1 is 1.33 bits per heavy atom. The van der Waals surface area contributed by atoms with Gasteiger partial charge >= 0.3 is 6.18 Å². The van der Waals surface area contributed by atoms with Gasteiger partial charge in [0.05, 0.1) is 22.1 Å². The average molecular weight is 317 g/mol. The monoisotopic (exact) mass is 317 g/mol. The van der Waals surface area contributed by atoms with Crippen LogP contribution in [0.5, 0.6) is 0 Å². The standard InChI is InChI=1S/C13H10F3NO3S/c1-6(18)9-11(19)7-4-3-5-8(13(14,15)16)10(7)17-12(9)21(2)20/h3-5,9H,1-2H3. The fourth-order valence-corrected chi connectivity index (χ4v) is 2.95. The Kier molecular flexibility index (Phi) is 3.83. The van der Waals surface area contributed by atoms with Gasteiger partial charge in [-0.2, -0.15) is 13.2 Å². The summed E-state index contributed by atoms with van der Waals surface area (Å²) >= 11 is 0. The molecule has 0 radical (unpaired) electrons. The molecule has 1 aromatic carbocycles. The Hall–Kier alpha value is -1.83. The molecule has 1 aliphatic heterocycles. The predicted molar refractivity (Wildman–Crippen MR) is 71.1 cm³/mol. The first-order valence-electron chi connectivity index (χ1n) is 5.81. The van der Waals surface area contributed by atoms with Crippen molar-refractivity contribution in [2.75, 3.05) is 6.26 Å². The maximum Gasteiger partial charge on any atom is 0.418 e. The van der Waals surface area contributed by atoms with Gasteiger partial charge in [-0.15, -0.1) is 0 Å². The number of para-hydroxylation sites is 1. The molecule has 112 valence electrons. The van der Waals surface area contributed by atoms with Crippen LogP contribution < -0.4 is 0 Å². The molecule has 1 heterocycles. The van der Waals surface area contributed by atoms with E-state index in [-0.39, 0.29) is 10.6 Å². The molecular weight excluding hydrogens is 307 g/mol. The number of fused-ring (bicyclic) bond motifs is 1. The van der Waals surface area contributed by atoms with Crippen LogP contribution in [0.4, 0.5) is 18.9 Å². The lowest BCUT2D eigenvalue weighted by atomic mass is 9.90. The lowest BCUT2D eigenvalue weighted by Crippen LogP contribution is -2.35. The Morgan fingerprint density at radius 2 is 1.95 bits per heavy atom. The van der Waals surface area contributed by atoms with E-state index in [0.717, 1.165) is 19.1 Å². The van der Waals surface area contributed by atoms with Crippen molar-refractivity contribution >= 4 is 33.1 Å². The molecule has 0 saturated carbocycles. The first-order chi connectivity index (χ1) is 9.64. The van der Waals surface area contributed by atoms with Gasteiger partial charge in [0.25, 0.3) is 0 Å². The zero-order valence-electron chi connectivity index (χ0n) is 11.0. The molecule has 8 heteroatoms. The van der Waals surface area contributed by atoms with Gasteiger partial charge < -0.3 is 0 Å². The predicted octanol–water partition coefficient (Wildman–Crippen LogP) is 2.52. The minimum Gasteiger partial charge on any atom is -0.299 e. The highest BCUT2D eigenvalue weighted by molar-refractivity contribution is 8.00. The zero-order valence-corrected chi connectivity index (χ0v) is 11.8. The summed E-state index contributed by atoms with van der Waals surface area (Å²) in [6, 6.07) is 3.06. The Labute approximate surface area is 120 Å². The number of ketones is 2. The van der Waals surface area contributed by atoms with Crippen LogP contribution in [0.25, 0.3) is 0 Å². The fraction of sp³-hybridized carbons (Fsp3) is 0.308. The number of hydrogen-bond acceptors (Lipinski definition) is 4. The van der Waals surface area contributed by atoms with Crippen LogP contribution in [0.15, 0.2) is 23.2 Å². The maximum absolute atomic E-state index is 13.0. The Bertz CT molecular complexity index is 694. The van der Waals surface area contributed by atoms with Crippen molar-refractivity contribution in [2.45, 2.75) is 13.1 Å². The van der Waals surface area contributed by atoms with E-state index in [1.54, 1.807) is 0 Å². The lowest BCUT2D eigenvalue weighted by Gasteiger charge is -2.22. The fourth-order valence-electron chi connectivity index (χ4n) is 2.12. The van der Waals surface area contributed by atoms with Crippen molar-refractivity contribution in [3.05, 3.63) is 29.3 Å². The number of nitrogens with zero attached hydrogens (tertiary/aromatic N) is 1. The van der Waals surface area contributed by atoms with Crippen LogP contribution in [0.2, 0.25) is 0 Å². The molecule has 1 aliphatic rings. The minimum atomic E-state index is -4.70. The van der Waals surface area contributed by atoms with Crippen LogP contribution in [0.1, 0.15) is 22.8 Å². The molecule has 0 saturated heterocycles. The highest BCUT2D eigenvalue weighted by atomic mass is 32.2. The van der Waals surface area contributed by atoms with Crippen LogP contribution in [0.3, 0.4) is 0 Å². The SMILES string of the molecule is CC(=O)C1C(=O)c2cccc(C(F)(F)F)c2N=C1S(C)=O. The van der Waals surface area contributed by atoms with Crippen LogP contribution in [-0.4, -0.2) is 27.1 Å². The van der Waals surface area contributed by atoms with Crippen molar-refractivity contribution in [1.29, 1.82) is 0 Å². The quantitative estimate of drug-likeness (QED) is 0.748. The number of Topliss-reactive ketones (excluding diaryl/α,β-unsaturated/α-hetero) is 2. The van der Waals surface area contributed by atoms with Gasteiger partial charge in [0, 0.05) is 11.8 Å². The second kappa shape index (κ2) is 5.18. The topological polar surface area (TPSA) is 63.6 Å². The third-order valence-corrected chi connectivity index (χ3v) is 3.96. The maximum atomic E-state index is 13.0. The summed E-state index contributed by atoms with van der Waals surface area (Å²) in [6.07, 6.45) is -3.53. The van der Waals surface area contributed by atoms with E-state index >= 15 is 0 Å². The molecule has 21 heavy (non-hydrogen) atoms. The number of carbonyl (C=O) groups is 2. The summed E-state index contributed by atoms with van der Waals surface area (Å²) in [4.78, 5) is 27.5. The van der Waals surface area contributed by atoms with Crippen LogP contribution in [0, 0.1) is 5.92 Å². The van der Waals surface area contributed by atoms with E-state index in [0.29, 0.717) is 0 Å². The number of hydrogen-bond donors (Lipinski definition) is 0. The minimum absolute atomic E-state index is 0.278. The Balaban J connectivity index is 2.78. The highest BCUT2D eigenvalue weighted by Crippen LogP contribution is 2.41. The smallest absolute Gasteiger partial charge is 0.299 e. The summed E-state index contributed by atoms with van der Waals surface area (Å²) in [5.74, 6) is -2.78. The second-order valence-corrected chi connectivity index (χ2v) is 5.84. The van der Waals surface area contributed by atoms with Crippen LogP contribution >= 0.6 is 0 Å². The van der Waals surface area contributed by atoms with E-state index in [9.17, 15) is 27.0 Å². The molecule has 0 fully saturated rings. The van der Waals surface area contributed by atoms with Crippen LogP contribution in [-0.2, 0) is 21.8 Å². The van der Waals surface area contributed by atoms with E-state index in [1.165, 1.54) is 12.3 Å². The molecule has 0 N–H and O–H groups in total. The van der Waals surface area contributed by atoms with E-state index in [4.69, 9.17) is 0 Å². The first-order valence-corrected chi connectivity index (χ1v) is 7.37. The molecular formula is C13H10F3NO3S. The van der Waals surface area contributed by atoms with Crippen molar-refractivity contribution in [3.63, 3.8) is 0 Å². The molecule has 4 nitrogen and oxygen atoms in total. The van der Waals surface area contributed by atoms with Gasteiger partial charge in [0.15, 0.2) is 5.78 Å². The number of benzene rings is 1. The average Bonchev–Trinajstić information content (AvgIpc) is 2.36. The molecule has 0 aromatic heterocycles. The van der Waals surface area contributed by atoms with E-state index in [2.05, 4.69) is 4.99 Å². The Morgan fingerprint density at radius 3 is 2.43 bits per heavy atom. The van der Waals surface area contributed by atoms with E-state index < -0.39 is 45.7 Å². The lowest BCUT2D eigenvalue weighted by molar-refractivity contribution is -0.137. The summed E-state index contributed by atoms with van der Waals surface area (Å²) in [5.41, 5.74) is -1.93. The summed E-state index contributed by atoms with van der Waals surface area (Å²) < 4.78 is 50.5. The largest absolute Gasteiger partial charge is 0.418 e. The number of halogens is 3. The third-order valence-electron chi connectivity index (χ3n) is 3.04. The van der Waals surface area contributed by atoms with E-state index in [1.807, 2.05) is 0 Å². The van der Waals surface area contributed by atoms with Crippen molar-refractivity contribution in [3.8, 4) is 0 Å². The van der Waals surface area contributed by atoms with Gasteiger partial charge in [-0.1, -0.05) is 6.07 Å². The molecule has 0 amide bonds.